The predicted octanol–water partition coefficient (Wildman–Crippen LogP) is 4.09. The number of aromatic nitrogens is 4. The van der Waals surface area contributed by atoms with Crippen LogP contribution in [0.1, 0.15) is 35.8 Å². The molecule has 4 aromatic rings. The number of H-pyrrole nitrogens is 1. The lowest BCUT2D eigenvalue weighted by molar-refractivity contribution is 0.102. The fourth-order valence-corrected chi connectivity index (χ4v) is 4.12. The summed E-state index contributed by atoms with van der Waals surface area (Å²) in [5, 5.41) is 9.42. The number of nitrogens with zero attached hydrogens (tertiary/aromatic N) is 3. The zero-order valence-corrected chi connectivity index (χ0v) is 20.7. The number of aromatic amines is 1. The van der Waals surface area contributed by atoms with Gasteiger partial charge in [0.1, 0.15) is 11.5 Å². The molecular weight excluding hydrogens is 470 g/mol. The second-order valence-electron chi connectivity index (χ2n) is 7.82. The Bertz CT molecular complexity index is 1380. The summed E-state index contributed by atoms with van der Waals surface area (Å²) >= 11 is 1.51. The van der Waals surface area contributed by atoms with Crippen LogP contribution in [0.3, 0.4) is 0 Å². The number of carbonyl (C=O) groups is 1. The highest BCUT2D eigenvalue weighted by Crippen LogP contribution is 2.38. The molecule has 0 atom stereocenters. The van der Waals surface area contributed by atoms with Crippen LogP contribution in [-0.4, -0.2) is 47.0 Å². The van der Waals surface area contributed by atoms with Gasteiger partial charge in [0, 0.05) is 17.7 Å². The molecule has 3 aromatic heterocycles. The maximum Gasteiger partial charge on any atom is 0.257 e. The Kier molecular flexibility index (Phi) is 6.87. The van der Waals surface area contributed by atoms with Gasteiger partial charge in [0.25, 0.3) is 11.5 Å². The SMILES string of the molecule is COc1cc(C(=O)Nc2cc(-c3cccs3)nn2-c2nc(C(C)C)cc(=O)[nH]2)cc(OC)c1OC. The van der Waals surface area contributed by atoms with Crippen molar-refractivity contribution in [1.82, 2.24) is 19.7 Å². The number of benzene rings is 1. The van der Waals surface area contributed by atoms with Gasteiger partial charge in [-0.3, -0.25) is 14.6 Å². The quantitative estimate of drug-likeness (QED) is 0.378. The van der Waals surface area contributed by atoms with Crippen LogP contribution in [0.5, 0.6) is 17.2 Å². The van der Waals surface area contributed by atoms with Crippen LogP contribution in [0.25, 0.3) is 16.5 Å². The van der Waals surface area contributed by atoms with E-state index in [-0.39, 0.29) is 23.0 Å². The van der Waals surface area contributed by atoms with Gasteiger partial charge in [-0.05, 0) is 29.5 Å². The first kappa shape index (κ1) is 24.0. The van der Waals surface area contributed by atoms with E-state index in [0.29, 0.717) is 34.5 Å². The number of anilines is 1. The molecule has 11 heteroatoms. The highest BCUT2D eigenvalue weighted by Gasteiger charge is 2.21. The summed E-state index contributed by atoms with van der Waals surface area (Å²) in [6, 6.07) is 10.1. The van der Waals surface area contributed by atoms with E-state index in [2.05, 4.69) is 20.4 Å². The molecule has 0 fully saturated rings. The normalized spacial score (nSPS) is 10.9. The molecule has 35 heavy (non-hydrogen) atoms. The Morgan fingerprint density at radius 1 is 1.09 bits per heavy atom. The minimum Gasteiger partial charge on any atom is -0.493 e. The molecule has 4 rings (SSSR count). The number of methoxy groups -OCH3 is 3. The van der Waals surface area contributed by atoms with Crippen LogP contribution in [0.4, 0.5) is 5.82 Å². The summed E-state index contributed by atoms with van der Waals surface area (Å²) in [4.78, 5) is 33.8. The van der Waals surface area contributed by atoms with E-state index in [1.54, 1.807) is 18.2 Å². The molecule has 0 bridgehead atoms. The molecule has 182 valence electrons. The second-order valence-corrected chi connectivity index (χ2v) is 8.77. The first-order valence-electron chi connectivity index (χ1n) is 10.7. The molecule has 0 radical (unpaired) electrons. The average molecular weight is 496 g/mol. The fraction of sp³-hybridized carbons (Fsp3) is 0.250. The van der Waals surface area contributed by atoms with Gasteiger partial charge >= 0.3 is 0 Å². The molecule has 3 heterocycles. The minimum atomic E-state index is -0.439. The number of thiophene rings is 1. The van der Waals surface area contributed by atoms with Crippen LogP contribution in [-0.2, 0) is 0 Å². The van der Waals surface area contributed by atoms with Gasteiger partial charge in [-0.15, -0.1) is 11.3 Å². The van der Waals surface area contributed by atoms with E-state index in [1.807, 2.05) is 31.4 Å². The van der Waals surface area contributed by atoms with Gasteiger partial charge < -0.3 is 19.5 Å². The lowest BCUT2D eigenvalue weighted by atomic mass is 10.1. The number of hydrogen-bond acceptors (Lipinski definition) is 8. The topological polar surface area (TPSA) is 120 Å². The summed E-state index contributed by atoms with van der Waals surface area (Å²) < 4.78 is 17.5. The Balaban J connectivity index is 1.79. The summed E-state index contributed by atoms with van der Waals surface area (Å²) in [6.07, 6.45) is 0. The molecule has 0 spiro atoms. The molecule has 10 nitrogen and oxygen atoms in total. The highest BCUT2D eigenvalue weighted by molar-refractivity contribution is 7.13. The van der Waals surface area contributed by atoms with Gasteiger partial charge in [0.2, 0.25) is 11.7 Å². The molecule has 0 aliphatic heterocycles. The molecule has 2 N–H and O–H groups in total. The largest absolute Gasteiger partial charge is 0.493 e. The number of hydrogen-bond donors (Lipinski definition) is 2. The van der Waals surface area contributed by atoms with Crippen molar-refractivity contribution in [2.75, 3.05) is 26.6 Å². The van der Waals surface area contributed by atoms with Crippen molar-refractivity contribution in [3.8, 4) is 33.8 Å². The van der Waals surface area contributed by atoms with E-state index < -0.39 is 5.91 Å². The number of amides is 1. The number of nitrogens with one attached hydrogen (secondary N) is 2. The first-order valence-corrected chi connectivity index (χ1v) is 11.6. The van der Waals surface area contributed by atoms with E-state index in [9.17, 15) is 9.59 Å². The van der Waals surface area contributed by atoms with E-state index >= 15 is 0 Å². The van der Waals surface area contributed by atoms with Crippen molar-refractivity contribution in [3.05, 3.63) is 63.4 Å². The van der Waals surface area contributed by atoms with Gasteiger partial charge in [0.05, 0.1) is 31.9 Å². The summed E-state index contributed by atoms with van der Waals surface area (Å²) in [5.74, 6) is 1.19. The molecule has 0 aliphatic rings. The van der Waals surface area contributed by atoms with Gasteiger partial charge in [-0.2, -0.15) is 9.78 Å². The molecule has 1 aromatic carbocycles. The number of carbonyl (C=O) groups excluding carboxylic acids is 1. The maximum absolute atomic E-state index is 13.3. The maximum atomic E-state index is 13.3. The van der Waals surface area contributed by atoms with Crippen molar-refractivity contribution in [2.24, 2.45) is 0 Å². The second kappa shape index (κ2) is 10.0. The standard InChI is InChI=1S/C24H25N5O5S/c1-13(2)15-12-21(30)27-24(25-15)29-20(11-16(28-29)19-7-6-8-35-19)26-23(31)14-9-17(32-3)22(34-5)18(10-14)33-4/h6-13H,1-5H3,(H,26,31)(H,25,27,30). The van der Waals surface area contributed by atoms with Crippen LogP contribution >= 0.6 is 11.3 Å². The van der Waals surface area contributed by atoms with Gasteiger partial charge in [-0.25, -0.2) is 4.98 Å². The third-order valence-corrected chi connectivity index (χ3v) is 6.09. The van der Waals surface area contributed by atoms with Crippen LogP contribution in [0.2, 0.25) is 0 Å². The zero-order valence-electron chi connectivity index (χ0n) is 19.9. The summed E-state index contributed by atoms with van der Waals surface area (Å²) in [6.45, 7) is 3.89. The van der Waals surface area contributed by atoms with Crippen molar-refractivity contribution >= 4 is 23.1 Å². The fourth-order valence-electron chi connectivity index (χ4n) is 3.44. The molecule has 0 saturated heterocycles. The molecular formula is C24H25N5O5S. The van der Waals surface area contributed by atoms with Crippen molar-refractivity contribution in [2.45, 2.75) is 19.8 Å². The molecule has 0 aliphatic carbocycles. The third kappa shape index (κ3) is 4.90. The Labute approximate surface area is 205 Å². The highest BCUT2D eigenvalue weighted by atomic mass is 32.1. The lowest BCUT2D eigenvalue weighted by Crippen LogP contribution is -2.19. The monoisotopic (exact) mass is 495 g/mol. The Hall–Kier alpha value is -4.12. The molecule has 1 amide bonds. The van der Waals surface area contributed by atoms with Crippen molar-refractivity contribution < 1.29 is 19.0 Å². The van der Waals surface area contributed by atoms with E-state index in [0.717, 1.165) is 4.88 Å². The van der Waals surface area contributed by atoms with Crippen LogP contribution in [0, 0.1) is 0 Å². The Morgan fingerprint density at radius 3 is 2.37 bits per heavy atom. The van der Waals surface area contributed by atoms with Crippen molar-refractivity contribution in [1.29, 1.82) is 0 Å². The third-order valence-electron chi connectivity index (χ3n) is 5.19. The molecule has 0 saturated carbocycles. The average Bonchev–Trinajstić information content (AvgIpc) is 3.52. The minimum absolute atomic E-state index is 0.0284. The van der Waals surface area contributed by atoms with Crippen molar-refractivity contribution in [3.63, 3.8) is 0 Å². The predicted molar refractivity (Wildman–Crippen MR) is 133 cm³/mol. The zero-order chi connectivity index (χ0) is 25.1. The van der Waals surface area contributed by atoms with Gasteiger partial charge in [-0.1, -0.05) is 19.9 Å². The summed E-state index contributed by atoms with van der Waals surface area (Å²) in [7, 11) is 4.44. The smallest absolute Gasteiger partial charge is 0.257 e. The molecule has 0 unspecified atom stereocenters. The Morgan fingerprint density at radius 2 is 1.80 bits per heavy atom. The first-order chi connectivity index (χ1) is 16.8. The number of ether oxygens (including phenoxy) is 3. The van der Waals surface area contributed by atoms with Crippen LogP contribution in [0.15, 0.2) is 46.6 Å². The lowest BCUT2D eigenvalue weighted by Gasteiger charge is -2.14. The summed E-state index contributed by atoms with van der Waals surface area (Å²) in [5.41, 5.74) is 1.20. The van der Waals surface area contributed by atoms with E-state index in [1.165, 1.54) is 43.4 Å². The van der Waals surface area contributed by atoms with Crippen LogP contribution < -0.4 is 25.1 Å². The van der Waals surface area contributed by atoms with Gasteiger partial charge in [0.15, 0.2) is 11.5 Å². The number of rotatable bonds is 8. The van der Waals surface area contributed by atoms with E-state index in [4.69, 9.17) is 14.2 Å².